The maximum absolute atomic E-state index is 13.0. The second kappa shape index (κ2) is 13.5. The fourth-order valence-electron chi connectivity index (χ4n) is 4.94. The maximum Gasteiger partial charge on any atom is 0.317 e. The van der Waals surface area contributed by atoms with Crippen LogP contribution in [0.15, 0.2) is 54.6 Å². The Balaban J connectivity index is 1.86. The van der Waals surface area contributed by atoms with Gasteiger partial charge in [-0.25, -0.2) is 4.79 Å². The zero-order valence-electron chi connectivity index (χ0n) is 21.3. The van der Waals surface area contributed by atoms with Crippen molar-refractivity contribution >= 4 is 6.03 Å². The van der Waals surface area contributed by atoms with E-state index in [1.807, 2.05) is 73.5 Å². The van der Waals surface area contributed by atoms with Crippen molar-refractivity contribution in [1.82, 2.24) is 15.5 Å². The summed E-state index contributed by atoms with van der Waals surface area (Å²) in [6, 6.07) is 17.3. The van der Waals surface area contributed by atoms with E-state index in [9.17, 15) is 9.90 Å². The molecule has 2 aromatic rings. The summed E-state index contributed by atoms with van der Waals surface area (Å²) < 4.78 is 11.5. The molecule has 192 valence electrons. The summed E-state index contributed by atoms with van der Waals surface area (Å²) in [5.41, 5.74) is -0.355. The number of unbranched alkanes of at least 4 members (excludes halogenated alkanes) is 1. The van der Waals surface area contributed by atoms with Crippen LogP contribution in [0.5, 0.6) is 11.5 Å². The van der Waals surface area contributed by atoms with Crippen LogP contribution < -0.4 is 15.4 Å². The minimum Gasteiger partial charge on any atom is -0.457 e. The van der Waals surface area contributed by atoms with E-state index in [2.05, 4.69) is 10.6 Å². The number of carbonyl (C=O) groups is 1. The molecule has 0 saturated carbocycles. The van der Waals surface area contributed by atoms with E-state index in [1.165, 1.54) is 0 Å². The van der Waals surface area contributed by atoms with Gasteiger partial charge in [-0.2, -0.15) is 0 Å². The number of likely N-dealkylation sites (tertiary alicyclic amines) is 1. The lowest BCUT2D eigenvalue weighted by Gasteiger charge is -2.43. The van der Waals surface area contributed by atoms with Gasteiger partial charge < -0.3 is 30.1 Å². The predicted octanol–water partition coefficient (Wildman–Crippen LogP) is 4.51. The molecule has 0 radical (unpaired) electrons. The highest BCUT2D eigenvalue weighted by atomic mass is 16.5. The standard InChI is InChI=1S/C28H41N3O4/c1-22(20-29-2)30-27(32)31-18-11-12-23(21-31)28(33,17-9-10-19-34-3)25-15-7-8-16-26(25)35-24-13-5-4-6-14-24/h4-8,13-16,22-23,29,33H,9-12,17-21H2,1-3H3,(H,30,32)/t22?,23-,28+/m1/s1. The molecule has 1 fully saturated rings. The van der Waals surface area contributed by atoms with Gasteiger partial charge in [-0.3, -0.25) is 0 Å². The van der Waals surface area contributed by atoms with Crippen molar-refractivity contribution in [3.8, 4) is 11.5 Å². The molecule has 3 atom stereocenters. The molecule has 0 bridgehead atoms. The smallest absolute Gasteiger partial charge is 0.317 e. The van der Waals surface area contributed by atoms with Crippen LogP contribution in [0.3, 0.4) is 0 Å². The number of ether oxygens (including phenoxy) is 2. The molecular weight excluding hydrogens is 442 g/mol. The molecule has 7 nitrogen and oxygen atoms in total. The van der Waals surface area contributed by atoms with Crippen LogP contribution in [-0.2, 0) is 10.3 Å². The van der Waals surface area contributed by atoms with Crippen LogP contribution in [0, 0.1) is 5.92 Å². The molecule has 1 heterocycles. The number of nitrogens with one attached hydrogen (secondary N) is 2. The van der Waals surface area contributed by atoms with Gasteiger partial charge in [0.15, 0.2) is 0 Å². The Hall–Kier alpha value is -2.61. The molecule has 0 spiro atoms. The molecule has 2 aromatic carbocycles. The number of hydrogen-bond donors (Lipinski definition) is 3. The summed E-state index contributed by atoms with van der Waals surface area (Å²) >= 11 is 0. The van der Waals surface area contributed by atoms with E-state index in [0.717, 1.165) is 37.0 Å². The van der Waals surface area contributed by atoms with Crippen LogP contribution >= 0.6 is 0 Å². The van der Waals surface area contributed by atoms with E-state index < -0.39 is 5.60 Å². The van der Waals surface area contributed by atoms with Crippen molar-refractivity contribution in [1.29, 1.82) is 0 Å². The number of benzene rings is 2. The van der Waals surface area contributed by atoms with E-state index in [0.29, 0.717) is 38.4 Å². The molecule has 3 rings (SSSR count). The molecule has 1 saturated heterocycles. The lowest BCUT2D eigenvalue weighted by atomic mass is 9.73. The van der Waals surface area contributed by atoms with Crippen molar-refractivity contribution in [3.63, 3.8) is 0 Å². The first kappa shape index (κ1) is 27.0. The highest BCUT2D eigenvalue weighted by molar-refractivity contribution is 5.74. The van der Waals surface area contributed by atoms with Gasteiger partial charge in [0.2, 0.25) is 0 Å². The molecule has 1 aliphatic rings. The zero-order chi connectivity index (χ0) is 25.1. The summed E-state index contributed by atoms with van der Waals surface area (Å²) in [6.07, 6.45) is 3.93. The first-order valence-corrected chi connectivity index (χ1v) is 12.7. The second-order valence-corrected chi connectivity index (χ2v) is 9.48. The van der Waals surface area contributed by atoms with Crippen molar-refractivity contribution < 1.29 is 19.4 Å². The number of amides is 2. The number of carbonyl (C=O) groups excluding carboxylic acids is 1. The molecule has 1 unspecified atom stereocenters. The molecule has 0 aromatic heterocycles. The molecule has 3 N–H and O–H groups in total. The fraction of sp³-hybridized carbons (Fsp3) is 0.536. The third-order valence-corrected chi connectivity index (χ3v) is 6.75. The molecule has 35 heavy (non-hydrogen) atoms. The van der Waals surface area contributed by atoms with Gasteiger partial charge in [0.05, 0.1) is 5.60 Å². The van der Waals surface area contributed by atoms with Crippen LogP contribution in [0.25, 0.3) is 0 Å². The van der Waals surface area contributed by atoms with E-state index in [1.54, 1.807) is 7.11 Å². The Kier molecular flexibility index (Phi) is 10.4. The number of piperidine rings is 1. The third kappa shape index (κ3) is 7.43. The number of aliphatic hydroxyl groups is 1. The van der Waals surface area contributed by atoms with E-state index in [-0.39, 0.29) is 18.0 Å². The summed E-state index contributed by atoms with van der Waals surface area (Å²) in [5.74, 6) is 1.27. The van der Waals surface area contributed by atoms with Crippen LogP contribution in [-0.4, -0.2) is 62.5 Å². The molecule has 0 aliphatic carbocycles. The summed E-state index contributed by atoms with van der Waals surface area (Å²) in [7, 11) is 3.57. The van der Waals surface area contributed by atoms with E-state index >= 15 is 0 Å². The fourth-order valence-corrected chi connectivity index (χ4v) is 4.94. The Morgan fingerprint density at radius 2 is 1.91 bits per heavy atom. The van der Waals surface area contributed by atoms with Gasteiger partial charge in [-0.15, -0.1) is 0 Å². The molecular formula is C28H41N3O4. The van der Waals surface area contributed by atoms with Crippen LogP contribution in [0.4, 0.5) is 4.79 Å². The van der Waals surface area contributed by atoms with Gasteiger partial charge in [-0.1, -0.05) is 36.4 Å². The Labute approximate surface area is 209 Å². The zero-order valence-corrected chi connectivity index (χ0v) is 21.3. The van der Waals surface area contributed by atoms with Gasteiger partial charge in [0.25, 0.3) is 0 Å². The van der Waals surface area contributed by atoms with Crippen molar-refractivity contribution in [3.05, 3.63) is 60.2 Å². The van der Waals surface area contributed by atoms with Crippen molar-refractivity contribution in [2.24, 2.45) is 5.92 Å². The third-order valence-electron chi connectivity index (χ3n) is 6.75. The average molecular weight is 484 g/mol. The predicted molar refractivity (Wildman–Crippen MR) is 139 cm³/mol. The van der Waals surface area contributed by atoms with Gasteiger partial charge >= 0.3 is 6.03 Å². The Bertz CT molecular complexity index is 910. The summed E-state index contributed by atoms with van der Waals surface area (Å²) in [4.78, 5) is 14.8. The largest absolute Gasteiger partial charge is 0.457 e. The highest BCUT2D eigenvalue weighted by Crippen LogP contribution is 2.44. The lowest BCUT2D eigenvalue weighted by Crippen LogP contribution is -2.53. The topological polar surface area (TPSA) is 83.1 Å². The van der Waals surface area contributed by atoms with Crippen LogP contribution in [0.1, 0.15) is 44.6 Å². The highest BCUT2D eigenvalue weighted by Gasteiger charge is 2.43. The second-order valence-electron chi connectivity index (χ2n) is 9.48. The van der Waals surface area contributed by atoms with Crippen molar-refractivity contribution in [2.75, 3.05) is 40.4 Å². The normalized spacial score (nSPS) is 18.5. The lowest BCUT2D eigenvalue weighted by molar-refractivity contribution is -0.0574. The number of rotatable bonds is 12. The minimum absolute atomic E-state index is 0.0285. The number of nitrogens with zero attached hydrogens (tertiary/aromatic N) is 1. The maximum atomic E-state index is 13.0. The first-order chi connectivity index (χ1) is 17.0. The molecule has 2 amide bonds. The monoisotopic (exact) mass is 483 g/mol. The van der Waals surface area contributed by atoms with Crippen molar-refractivity contribution in [2.45, 2.75) is 50.7 Å². The Morgan fingerprint density at radius 1 is 1.17 bits per heavy atom. The first-order valence-electron chi connectivity index (χ1n) is 12.7. The number of likely N-dealkylation sites (N-methyl/N-ethyl adjacent to an activating group) is 1. The SMILES string of the molecule is CNCC(C)NC(=O)N1CCC[C@@H]([C@@](O)(CCCCOC)c2ccccc2Oc2ccccc2)C1. The number of methoxy groups -OCH3 is 1. The Morgan fingerprint density at radius 3 is 2.66 bits per heavy atom. The summed E-state index contributed by atoms with van der Waals surface area (Å²) in [6.45, 7) is 4.53. The number of para-hydroxylation sites is 2. The van der Waals surface area contributed by atoms with Crippen LogP contribution in [0.2, 0.25) is 0 Å². The summed E-state index contributed by atoms with van der Waals surface area (Å²) in [5, 5.41) is 18.5. The molecule has 1 aliphatic heterocycles. The van der Waals surface area contributed by atoms with Gasteiger partial charge in [0.1, 0.15) is 11.5 Å². The molecule has 7 heteroatoms. The van der Waals surface area contributed by atoms with Gasteiger partial charge in [-0.05, 0) is 64.3 Å². The number of urea groups is 1. The van der Waals surface area contributed by atoms with E-state index in [4.69, 9.17) is 9.47 Å². The quantitative estimate of drug-likeness (QED) is 0.387. The average Bonchev–Trinajstić information content (AvgIpc) is 2.87. The minimum atomic E-state index is -1.13. The van der Waals surface area contributed by atoms with Gasteiger partial charge in [0, 0.05) is 50.9 Å². The number of hydrogen-bond acceptors (Lipinski definition) is 5.